The van der Waals surface area contributed by atoms with E-state index in [-0.39, 0.29) is 0 Å². The summed E-state index contributed by atoms with van der Waals surface area (Å²) < 4.78 is 11.3. The van der Waals surface area contributed by atoms with Crippen LogP contribution in [0.4, 0.5) is 0 Å². The molecule has 0 aliphatic carbocycles. The van der Waals surface area contributed by atoms with E-state index in [1.807, 2.05) is 12.1 Å². The minimum Gasteiger partial charge on any atom is -0.492 e. The van der Waals surface area contributed by atoms with Gasteiger partial charge in [-0.25, -0.2) is 4.99 Å². The Kier molecular flexibility index (Phi) is 9.42. The highest BCUT2D eigenvalue weighted by molar-refractivity contribution is 5.80. The van der Waals surface area contributed by atoms with Gasteiger partial charge < -0.3 is 20.1 Å². The van der Waals surface area contributed by atoms with Crippen molar-refractivity contribution in [1.82, 2.24) is 15.5 Å². The van der Waals surface area contributed by atoms with Gasteiger partial charge in [-0.15, -0.1) is 0 Å². The lowest BCUT2D eigenvalue weighted by Crippen LogP contribution is -2.44. The fourth-order valence-corrected chi connectivity index (χ4v) is 2.72. The van der Waals surface area contributed by atoms with Crippen molar-refractivity contribution < 1.29 is 9.47 Å². The largest absolute Gasteiger partial charge is 0.492 e. The van der Waals surface area contributed by atoms with E-state index in [1.165, 1.54) is 0 Å². The molecule has 27 heavy (non-hydrogen) atoms. The van der Waals surface area contributed by atoms with Crippen molar-refractivity contribution >= 4 is 5.96 Å². The quantitative estimate of drug-likeness (QED) is 0.512. The van der Waals surface area contributed by atoms with Crippen molar-refractivity contribution in [3.8, 4) is 5.75 Å². The van der Waals surface area contributed by atoms with Crippen molar-refractivity contribution in [2.45, 2.75) is 40.3 Å². The van der Waals surface area contributed by atoms with E-state index < -0.39 is 0 Å². The molecule has 1 atom stereocenters. The number of aliphatic imine (C=N–C) groups is 1. The summed E-state index contributed by atoms with van der Waals surface area (Å²) in [4.78, 5) is 7.09. The van der Waals surface area contributed by atoms with E-state index in [9.17, 15) is 0 Å². The molecule has 1 heterocycles. The molecule has 6 nitrogen and oxygen atoms in total. The summed E-state index contributed by atoms with van der Waals surface area (Å²) >= 11 is 0. The second-order valence-electron chi connectivity index (χ2n) is 7.32. The van der Waals surface area contributed by atoms with Crippen LogP contribution in [0.25, 0.3) is 0 Å². The summed E-state index contributed by atoms with van der Waals surface area (Å²) in [5, 5.41) is 6.78. The van der Waals surface area contributed by atoms with E-state index in [4.69, 9.17) is 14.5 Å². The standard InChI is InChI=1S/C21H36N4O2/c1-5-22-21(24-18(4)17(2)3)23-16-19-7-6-8-20(15-19)27-14-11-25-9-12-26-13-10-25/h6-8,15,17-18H,5,9-14,16H2,1-4H3,(H2,22,23,24). The summed E-state index contributed by atoms with van der Waals surface area (Å²) in [6.07, 6.45) is 0. The first-order valence-electron chi connectivity index (χ1n) is 10.1. The number of benzene rings is 1. The van der Waals surface area contributed by atoms with Crippen LogP contribution in [0.3, 0.4) is 0 Å². The average Bonchev–Trinajstić information content (AvgIpc) is 2.67. The Balaban J connectivity index is 1.85. The molecule has 2 N–H and O–H groups in total. The van der Waals surface area contributed by atoms with Crippen LogP contribution in [0.1, 0.15) is 33.3 Å². The van der Waals surface area contributed by atoms with Gasteiger partial charge in [0.15, 0.2) is 5.96 Å². The van der Waals surface area contributed by atoms with Crippen molar-refractivity contribution in [2.24, 2.45) is 10.9 Å². The fraction of sp³-hybridized carbons (Fsp3) is 0.667. The third-order valence-electron chi connectivity index (χ3n) is 4.81. The predicted molar refractivity (Wildman–Crippen MR) is 111 cm³/mol. The number of hydrogen-bond acceptors (Lipinski definition) is 4. The Morgan fingerprint density at radius 3 is 2.74 bits per heavy atom. The van der Waals surface area contributed by atoms with Gasteiger partial charge in [-0.2, -0.15) is 0 Å². The molecule has 1 aliphatic heterocycles. The topological polar surface area (TPSA) is 58.1 Å². The zero-order chi connectivity index (χ0) is 19.5. The molecule has 1 aromatic rings. The molecule has 1 aliphatic rings. The van der Waals surface area contributed by atoms with E-state index in [0.29, 0.717) is 25.1 Å². The Morgan fingerprint density at radius 1 is 1.26 bits per heavy atom. The second-order valence-corrected chi connectivity index (χ2v) is 7.32. The molecule has 1 unspecified atom stereocenters. The van der Waals surface area contributed by atoms with Crippen molar-refractivity contribution in [2.75, 3.05) is 46.0 Å². The SMILES string of the molecule is CCNC(=NCc1cccc(OCCN2CCOCC2)c1)NC(C)C(C)C. The summed E-state index contributed by atoms with van der Waals surface area (Å²) in [5.74, 6) is 2.32. The molecule has 0 amide bonds. The van der Waals surface area contributed by atoms with Gasteiger partial charge >= 0.3 is 0 Å². The minimum atomic E-state index is 0.373. The second kappa shape index (κ2) is 11.8. The van der Waals surface area contributed by atoms with Gasteiger partial charge in [-0.1, -0.05) is 26.0 Å². The lowest BCUT2D eigenvalue weighted by atomic mass is 10.1. The highest BCUT2D eigenvalue weighted by atomic mass is 16.5. The third kappa shape index (κ3) is 8.18. The normalized spacial score (nSPS) is 17.0. The molecule has 1 fully saturated rings. The van der Waals surface area contributed by atoms with Gasteiger partial charge in [-0.05, 0) is 37.5 Å². The number of nitrogens with zero attached hydrogens (tertiary/aromatic N) is 2. The van der Waals surface area contributed by atoms with E-state index >= 15 is 0 Å². The van der Waals surface area contributed by atoms with Crippen LogP contribution in [0.2, 0.25) is 0 Å². The first kappa shape index (κ1) is 21.5. The first-order chi connectivity index (χ1) is 13.1. The zero-order valence-corrected chi connectivity index (χ0v) is 17.3. The molecule has 0 spiro atoms. The third-order valence-corrected chi connectivity index (χ3v) is 4.81. The van der Waals surface area contributed by atoms with Crippen LogP contribution in [0.15, 0.2) is 29.3 Å². The maximum absolute atomic E-state index is 5.94. The molecule has 1 aromatic carbocycles. The maximum atomic E-state index is 5.94. The zero-order valence-electron chi connectivity index (χ0n) is 17.3. The monoisotopic (exact) mass is 376 g/mol. The molecular weight excluding hydrogens is 340 g/mol. The van der Waals surface area contributed by atoms with Crippen LogP contribution in [0, 0.1) is 5.92 Å². The molecule has 6 heteroatoms. The highest BCUT2D eigenvalue weighted by Crippen LogP contribution is 2.14. The number of hydrogen-bond donors (Lipinski definition) is 2. The number of guanidine groups is 1. The van der Waals surface area contributed by atoms with Crippen LogP contribution in [0.5, 0.6) is 5.75 Å². The molecule has 1 saturated heterocycles. The van der Waals surface area contributed by atoms with E-state index in [2.05, 4.69) is 55.4 Å². The summed E-state index contributed by atoms with van der Waals surface area (Å²) in [7, 11) is 0. The lowest BCUT2D eigenvalue weighted by molar-refractivity contribution is 0.0322. The molecule has 2 rings (SSSR count). The average molecular weight is 377 g/mol. The summed E-state index contributed by atoms with van der Waals surface area (Å²) in [6, 6.07) is 8.59. The Hall–Kier alpha value is -1.79. The van der Waals surface area contributed by atoms with Gasteiger partial charge in [0.2, 0.25) is 0 Å². The lowest BCUT2D eigenvalue weighted by Gasteiger charge is -2.26. The smallest absolute Gasteiger partial charge is 0.191 e. The van der Waals surface area contributed by atoms with Crippen LogP contribution >= 0.6 is 0 Å². The molecule has 0 saturated carbocycles. The van der Waals surface area contributed by atoms with Crippen molar-refractivity contribution in [3.63, 3.8) is 0 Å². The number of morpholine rings is 1. The van der Waals surface area contributed by atoms with Gasteiger partial charge in [0.25, 0.3) is 0 Å². The number of nitrogens with one attached hydrogen (secondary N) is 2. The van der Waals surface area contributed by atoms with Crippen molar-refractivity contribution in [1.29, 1.82) is 0 Å². The van der Waals surface area contributed by atoms with E-state index in [0.717, 1.165) is 56.7 Å². The molecular formula is C21H36N4O2. The van der Waals surface area contributed by atoms with Crippen LogP contribution in [-0.4, -0.2) is 62.9 Å². The summed E-state index contributed by atoms with van der Waals surface area (Å²) in [5.41, 5.74) is 1.15. The molecule has 0 radical (unpaired) electrons. The Morgan fingerprint density at radius 2 is 2.04 bits per heavy atom. The van der Waals surface area contributed by atoms with Crippen LogP contribution < -0.4 is 15.4 Å². The predicted octanol–water partition coefficient (Wildman–Crippen LogP) is 2.50. The number of rotatable bonds is 9. The Labute approximate surface area is 164 Å². The molecule has 0 aromatic heterocycles. The van der Waals surface area contributed by atoms with Gasteiger partial charge in [0, 0.05) is 32.2 Å². The van der Waals surface area contributed by atoms with Gasteiger partial charge in [-0.3, -0.25) is 4.90 Å². The Bertz CT molecular complexity index is 571. The number of ether oxygens (including phenoxy) is 2. The van der Waals surface area contributed by atoms with Crippen LogP contribution in [-0.2, 0) is 11.3 Å². The molecule has 0 bridgehead atoms. The van der Waals surface area contributed by atoms with Gasteiger partial charge in [0.05, 0.1) is 19.8 Å². The van der Waals surface area contributed by atoms with Crippen molar-refractivity contribution in [3.05, 3.63) is 29.8 Å². The summed E-state index contributed by atoms with van der Waals surface area (Å²) in [6.45, 7) is 15.4. The fourth-order valence-electron chi connectivity index (χ4n) is 2.72. The van der Waals surface area contributed by atoms with Gasteiger partial charge in [0.1, 0.15) is 12.4 Å². The highest BCUT2D eigenvalue weighted by Gasteiger charge is 2.10. The minimum absolute atomic E-state index is 0.373. The first-order valence-corrected chi connectivity index (χ1v) is 10.1. The van der Waals surface area contributed by atoms with E-state index in [1.54, 1.807) is 0 Å². The maximum Gasteiger partial charge on any atom is 0.191 e. The molecule has 152 valence electrons.